The molecule has 3 heterocycles. The van der Waals surface area contributed by atoms with Crippen molar-refractivity contribution in [1.82, 2.24) is 20.2 Å². The van der Waals surface area contributed by atoms with Crippen LogP contribution in [0.4, 0.5) is 0 Å². The number of aromatic nitrogens is 2. The van der Waals surface area contributed by atoms with E-state index in [1.807, 2.05) is 31.2 Å². The van der Waals surface area contributed by atoms with Crippen molar-refractivity contribution in [2.45, 2.75) is 44.7 Å². The topological polar surface area (TPSA) is 76.6 Å². The van der Waals surface area contributed by atoms with Crippen LogP contribution < -0.4 is 10.1 Å². The lowest BCUT2D eigenvalue weighted by Crippen LogP contribution is -2.49. The van der Waals surface area contributed by atoms with Gasteiger partial charge in [-0.05, 0) is 69.8 Å². The number of nitrogens with zero attached hydrogens (tertiary/aromatic N) is 3. The molecule has 1 saturated carbocycles. The molecular weight excluding hydrogens is 476 g/mol. The number of pyridine rings is 2. The standard InChI is InChI=1S/C28H33ClN4O3/c1-3-36-27-7-4-19(16-30-27)25-15-24(23-6-5-20(29)14-26(23)32-25)28(34)31-21-12-18(13-21)17-33(2)22-8-10-35-11-9-22/h4-7,14-16,18,21-22H,3,8-13,17H2,1-2H3,(H,31,34). The van der Waals surface area contributed by atoms with E-state index in [4.69, 9.17) is 26.1 Å². The molecule has 1 aromatic carbocycles. The maximum absolute atomic E-state index is 13.4. The van der Waals surface area contributed by atoms with Crippen LogP contribution in [0, 0.1) is 5.92 Å². The number of amides is 1. The highest BCUT2D eigenvalue weighted by atomic mass is 35.5. The Hall–Kier alpha value is -2.74. The predicted molar refractivity (Wildman–Crippen MR) is 142 cm³/mol. The molecule has 36 heavy (non-hydrogen) atoms. The zero-order valence-corrected chi connectivity index (χ0v) is 21.6. The Morgan fingerprint density at radius 2 is 2.00 bits per heavy atom. The van der Waals surface area contributed by atoms with Crippen LogP contribution in [0.5, 0.6) is 5.88 Å². The first kappa shape index (κ1) is 24.9. The van der Waals surface area contributed by atoms with E-state index >= 15 is 0 Å². The summed E-state index contributed by atoms with van der Waals surface area (Å²) in [6, 6.07) is 11.8. The first-order valence-corrected chi connectivity index (χ1v) is 13.2. The molecule has 0 radical (unpaired) electrons. The molecule has 0 spiro atoms. The number of fused-ring (bicyclic) bond motifs is 1. The third kappa shape index (κ3) is 5.64. The van der Waals surface area contributed by atoms with Gasteiger partial charge in [0.15, 0.2) is 0 Å². The fourth-order valence-electron chi connectivity index (χ4n) is 5.25. The zero-order chi connectivity index (χ0) is 25.1. The summed E-state index contributed by atoms with van der Waals surface area (Å²) < 4.78 is 10.9. The van der Waals surface area contributed by atoms with Crippen LogP contribution in [0.2, 0.25) is 5.02 Å². The number of nitrogens with one attached hydrogen (secondary N) is 1. The Morgan fingerprint density at radius 1 is 1.19 bits per heavy atom. The van der Waals surface area contributed by atoms with Gasteiger partial charge in [0, 0.05) is 60.1 Å². The van der Waals surface area contributed by atoms with Crippen LogP contribution in [0.3, 0.4) is 0 Å². The number of hydrogen-bond donors (Lipinski definition) is 1. The Kier molecular flexibility index (Phi) is 7.70. The summed E-state index contributed by atoms with van der Waals surface area (Å²) in [5.74, 6) is 1.10. The predicted octanol–water partition coefficient (Wildman–Crippen LogP) is 4.97. The molecule has 2 aliphatic rings. The molecule has 1 aliphatic carbocycles. The largest absolute Gasteiger partial charge is 0.478 e. The quantitative estimate of drug-likeness (QED) is 0.463. The highest BCUT2D eigenvalue weighted by Crippen LogP contribution is 2.31. The molecule has 1 saturated heterocycles. The lowest BCUT2D eigenvalue weighted by molar-refractivity contribution is 0.0301. The molecule has 0 atom stereocenters. The molecule has 1 amide bonds. The monoisotopic (exact) mass is 508 g/mol. The number of ether oxygens (including phenoxy) is 2. The number of carbonyl (C=O) groups is 1. The van der Waals surface area contributed by atoms with E-state index in [0.29, 0.717) is 46.2 Å². The fraction of sp³-hybridized carbons (Fsp3) is 0.464. The minimum atomic E-state index is -0.0777. The van der Waals surface area contributed by atoms with Crippen molar-refractivity contribution in [3.8, 4) is 17.1 Å². The van der Waals surface area contributed by atoms with Crippen LogP contribution in [0.15, 0.2) is 42.6 Å². The Bertz CT molecular complexity index is 1210. The third-order valence-electron chi connectivity index (χ3n) is 7.27. The molecular formula is C28H33ClN4O3. The summed E-state index contributed by atoms with van der Waals surface area (Å²) in [5, 5.41) is 4.62. The van der Waals surface area contributed by atoms with Gasteiger partial charge >= 0.3 is 0 Å². The molecule has 3 aromatic rings. The molecule has 2 fully saturated rings. The van der Waals surface area contributed by atoms with Gasteiger partial charge in [-0.25, -0.2) is 9.97 Å². The van der Waals surface area contributed by atoms with E-state index in [1.165, 1.54) is 0 Å². The third-order valence-corrected chi connectivity index (χ3v) is 7.51. The lowest BCUT2D eigenvalue weighted by Gasteiger charge is -2.40. The summed E-state index contributed by atoms with van der Waals surface area (Å²) in [4.78, 5) is 25.0. The van der Waals surface area contributed by atoms with Crippen LogP contribution in [0.25, 0.3) is 22.2 Å². The number of carbonyl (C=O) groups excluding carboxylic acids is 1. The van der Waals surface area contributed by atoms with Gasteiger partial charge in [-0.2, -0.15) is 0 Å². The van der Waals surface area contributed by atoms with Crippen LogP contribution >= 0.6 is 11.6 Å². The van der Waals surface area contributed by atoms with Gasteiger partial charge in [-0.1, -0.05) is 17.7 Å². The van der Waals surface area contributed by atoms with E-state index in [2.05, 4.69) is 22.2 Å². The van der Waals surface area contributed by atoms with Gasteiger partial charge in [0.2, 0.25) is 5.88 Å². The van der Waals surface area contributed by atoms with E-state index < -0.39 is 0 Å². The zero-order valence-electron chi connectivity index (χ0n) is 20.9. The van der Waals surface area contributed by atoms with Crippen molar-refractivity contribution in [2.24, 2.45) is 5.92 Å². The van der Waals surface area contributed by atoms with E-state index in [0.717, 1.165) is 56.4 Å². The van der Waals surface area contributed by atoms with Gasteiger partial charge < -0.3 is 19.7 Å². The highest BCUT2D eigenvalue weighted by Gasteiger charge is 2.33. The second kappa shape index (κ2) is 11.1. The van der Waals surface area contributed by atoms with Crippen molar-refractivity contribution in [2.75, 3.05) is 33.4 Å². The van der Waals surface area contributed by atoms with Crippen LogP contribution in [0.1, 0.15) is 43.0 Å². The summed E-state index contributed by atoms with van der Waals surface area (Å²) >= 11 is 6.25. The van der Waals surface area contributed by atoms with Crippen molar-refractivity contribution in [3.63, 3.8) is 0 Å². The van der Waals surface area contributed by atoms with Gasteiger partial charge in [0.05, 0.1) is 23.4 Å². The Morgan fingerprint density at radius 3 is 2.72 bits per heavy atom. The maximum atomic E-state index is 13.4. The number of hydrogen-bond acceptors (Lipinski definition) is 6. The smallest absolute Gasteiger partial charge is 0.252 e. The summed E-state index contributed by atoms with van der Waals surface area (Å²) in [6.45, 7) is 5.26. The van der Waals surface area contributed by atoms with Gasteiger partial charge in [0.25, 0.3) is 5.91 Å². The minimum absolute atomic E-state index is 0.0777. The number of halogens is 1. The van der Waals surface area contributed by atoms with Crippen molar-refractivity contribution >= 4 is 28.4 Å². The number of benzene rings is 1. The molecule has 2 aromatic heterocycles. The van der Waals surface area contributed by atoms with Crippen LogP contribution in [-0.2, 0) is 4.74 Å². The van der Waals surface area contributed by atoms with Gasteiger partial charge in [-0.3, -0.25) is 4.79 Å². The van der Waals surface area contributed by atoms with E-state index in [1.54, 1.807) is 18.3 Å². The Labute approximate surface area is 217 Å². The van der Waals surface area contributed by atoms with Gasteiger partial charge in [0.1, 0.15) is 0 Å². The average Bonchev–Trinajstić information content (AvgIpc) is 2.87. The molecule has 0 bridgehead atoms. The van der Waals surface area contributed by atoms with Crippen molar-refractivity contribution in [3.05, 3.63) is 53.2 Å². The van der Waals surface area contributed by atoms with Gasteiger partial charge in [-0.15, -0.1) is 0 Å². The maximum Gasteiger partial charge on any atom is 0.252 e. The molecule has 5 rings (SSSR count). The molecule has 0 unspecified atom stereocenters. The average molecular weight is 509 g/mol. The lowest BCUT2D eigenvalue weighted by atomic mass is 9.79. The second-order valence-electron chi connectivity index (χ2n) is 9.83. The van der Waals surface area contributed by atoms with Crippen molar-refractivity contribution < 1.29 is 14.3 Å². The normalized spacial score (nSPS) is 20.3. The molecule has 8 heteroatoms. The molecule has 1 aliphatic heterocycles. The molecule has 1 N–H and O–H groups in total. The summed E-state index contributed by atoms with van der Waals surface area (Å²) in [6.07, 6.45) is 5.94. The SMILES string of the molecule is CCOc1ccc(-c2cc(C(=O)NC3CC(CN(C)C4CCOCC4)C3)c3ccc(Cl)cc3n2)cn1. The summed E-state index contributed by atoms with van der Waals surface area (Å²) in [7, 11) is 2.22. The number of rotatable bonds is 8. The van der Waals surface area contributed by atoms with Crippen molar-refractivity contribution in [1.29, 1.82) is 0 Å². The second-order valence-corrected chi connectivity index (χ2v) is 10.3. The highest BCUT2D eigenvalue weighted by molar-refractivity contribution is 6.31. The van der Waals surface area contributed by atoms with Crippen LogP contribution in [-0.4, -0.2) is 66.3 Å². The molecule has 190 valence electrons. The fourth-order valence-corrected chi connectivity index (χ4v) is 5.42. The summed E-state index contributed by atoms with van der Waals surface area (Å²) in [5.41, 5.74) is 2.77. The Balaban J connectivity index is 1.29. The molecule has 7 nitrogen and oxygen atoms in total. The van der Waals surface area contributed by atoms with E-state index in [9.17, 15) is 4.79 Å². The minimum Gasteiger partial charge on any atom is -0.478 e. The first-order chi connectivity index (χ1) is 17.5. The first-order valence-electron chi connectivity index (χ1n) is 12.8. The van der Waals surface area contributed by atoms with E-state index in [-0.39, 0.29) is 11.9 Å².